The highest BCUT2D eigenvalue weighted by atomic mass is 127. The summed E-state index contributed by atoms with van der Waals surface area (Å²) in [6, 6.07) is 7.99. The van der Waals surface area contributed by atoms with E-state index in [0.717, 1.165) is 29.0 Å². The first-order valence-corrected chi connectivity index (χ1v) is 7.94. The average molecular weight is 446 g/mol. The van der Waals surface area contributed by atoms with E-state index in [2.05, 4.69) is 20.6 Å². The number of aryl methyl sites for hydroxylation is 2. The zero-order valence-electron chi connectivity index (χ0n) is 13.8. The predicted octanol–water partition coefficient (Wildman–Crippen LogP) is 3.25. The maximum atomic E-state index is 5.16. The fourth-order valence-electron chi connectivity index (χ4n) is 2.05. The van der Waals surface area contributed by atoms with Crippen molar-refractivity contribution in [3.05, 3.63) is 45.4 Å². The Balaban J connectivity index is 0.00000264. The van der Waals surface area contributed by atoms with Gasteiger partial charge in [-0.1, -0.05) is 12.1 Å². The van der Waals surface area contributed by atoms with Gasteiger partial charge in [0, 0.05) is 18.5 Å². The molecule has 0 unspecified atom stereocenters. The number of hydrogen-bond acceptors (Lipinski definition) is 4. The third kappa shape index (κ3) is 5.98. The minimum absolute atomic E-state index is 0. The molecule has 0 spiro atoms. The van der Waals surface area contributed by atoms with Gasteiger partial charge in [0.1, 0.15) is 5.75 Å². The van der Waals surface area contributed by atoms with Crippen molar-refractivity contribution in [2.45, 2.75) is 26.9 Å². The molecule has 0 bridgehead atoms. The van der Waals surface area contributed by atoms with E-state index in [1.54, 1.807) is 25.5 Å². The predicted molar refractivity (Wildman–Crippen MR) is 107 cm³/mol. The number of guanidine groups is 1. The summed E-state index contributed by atoms with van der Waals surface area (Å²) >= 11 is 1.72. The molecule has 126 valence electrons. The number of rotatable bonds is 5. The molecule has 0 aliphatic rings. The number of aromatic nitrogens is 1. The summed E-state index contributed by atoms with van der Waals surface area (Å²) in [5, 5.41) is 7.71. The Kier molecular flexibility index (Phi) is 8.32. The van der Waals surface area contributed by atoms with Crippen molar-refractivity contribution in [1.82, 2.24) is 15.6 Å². The molecule has 1 aromatic carbocycles. The molecule has 0 amide bonds. The lowest BCUT2D eigenvalue weighted by Gasteiger charge is -2.11. The molecule has 1 heterocycles. The second-order valence-electron chi connectivity index (χ2n) is 4.87. The van der Waals surface area contributed by atoms with Crippen LogP contribution in [0.2, 0.25) is 0 Å². The van der Waals surface area contributed by atoms with Crippen LogP contribution < -0.4 is 15.4 Å². The first kappa shape index (κ1) is 19.7. The van der Waals surface area contributed by atoms with E-state index in [-0.39, 0.29) is 24.0 Å². The summed E-state index contributed by atoms with van der Waals surface area (Å²) in [4.78, 5) is 9.91. The molecule has 0 saturated carbocycles. The number of ether oxygens (including phenoxy) is 1. The van der Waals surface area contributed by atoms with E-state index in [9.17, 15) is 0 Å². The SMILES string of the molecule is CN=C(NCc1ccc(OC)cc1)NCc1sc(C)nc1C.I. The van der Waals surface area contributed by atoms with E-state index in [1.807, 2.05) is 38.1 Å². The Hall–Kier alpha value is -1.35. The van der Waals surface area contributed by atoms with Gasteiger partial charge in [0.25, 0.3) is 0 Å². The van der Waals surface area contributed by atoms with E-state index in [0.29, 0.717) is 6.54 Å². The van der Waals surface area contributed by atoms with E-state index >= 15 is 0 Å². The summed E-state index contributed by atoms with van der Waals surface area (Å²) in [6.07, 6.45) is 0. The van der Waals surface area contributed by atoms with Crippen LogP contribution >= 0.6 is 35.3 Å². The second kappa shape index (κ2) is 9.71. The van der Waals surface area contributed by atoms with Gasteiger partial charge in [-0.05, 0) is 31.5 Å². The molecule has 0 radical (unpaired) electrons. The van der Waals surface area contributed by atoms with Crippen LogP contribution in [0.3, 0.4) is 0 Å². The van der Waals surface area contributed by atoms with Crippen molar-refractivity contribution < 1.29 is 4.74 Å². The van der Waals surface area contributed by atoms with Gasteiger partial charge in [-0.25, -0.2) is 4.98 Å². The van der Waals surface area contributed by atoms with Crippen molar-refractivity contribution in [1.29, 1.82) is 0 Å². The lowest BCUT2D eigenvalue weighted by molar-refractivity contribution is 0.414. The molecule has 0 aliphatic carbocycles. The van der Waals surface area contributed by atoms with Gasteiger partial charge < -0.3 is 15.4 Å². The van der Waals surface area contributed by atoms with Crippen LogP contribution in [0.4, 0.5) is 0 Å². The van der Waals surface area contributed by atoms with Gasteiger partial charge in [0.2, 0.25) is 0 Å². The number of aliphatic imine (C=N–C) groups is 1. The molecule has 7 heteroatoms. The van der Waals surface area contributed by atoms with Crippen LogP contribution in [-0.4, -0.2) is 25.1 Å². The lowest BCUT2D eigenvalue weighted by atomic mass is 10.2. The van der Waals surface area contributed by atoms with E-state index in [1.165, 1.54) is 10.4 Å². The van der Waals surface area contributed by atoms with Crippen molar-refractivity contribution in [2.75, 3.05) is 14.2 Å². The maximum absolute atomic E-state index is 5.16. The summed E-state index contributed by atoms with van der Waals surface area (Å²) in [5.41, 5.74) is 2.26. The second-order valence-corrected chi connectivity index (χ2v) is 6.16. The van der Waals surface area contributed by atoms with Gasteiger partial charge in [-0.15, -0.1) is 35.3 Å². The topological polar surface area (TPSA) is 58.5 Å². The molecule has 0 atom stereocenters. The van der Waals surface area contributed by atoms with Crippen LogP contribution in [0, 0.1) is 13.8 Å². The van der Waals surface area contributed by atoms with Crippen LogP contribution in [0.5, 0.6) is 5.75 Å². The maximum Gasteiger partial charge on any atom is 0.191 e. The Morgan fingerprint density at radius 3 is 2.35 bits per heavy atom. The first-order valence-electron chi connectivity index (χ1n) is 7.12. The Labute approximate surface area is 158 Å². The third-order valence-corrected chi connectivity index (χ3v) is 4.33. The number of nitrogens with one attached hydrogen (secondary N) is 2. The normalized spacial score (nSPS) is 10.9. The molecule has 0 aliphatic heterocycles. The number of benzene rings is 1. The van der Waals surface area contributed by atoms with Gasteiger partial charge in [0.15, 0.2) is 5.96 Å². The highest BCUT2D eigenvalue weighted by Gasteiger charge is 2.05. The fourth-order valence-corrected chi connectivity index (χ4v) is 2.93. The number of nitrogens with zero attached hydrogens (tertiary/aromatic N) is 2. The molecular weight excluding hydrogens is 423 g/mol. The molecule has 0 saturated heterocycles. The molecule has 2 rings (SSSR count). The molecule has 2 N–H and O–H groups in total. The molecule has 1 aromatic heterocycles. The molecule has 5 nitrogen and oxygen atoms in total. The van der Waals surface area contributed by atoms with Crippen LogP contribution in [0.1, 0.15) is 21.1 Å². The average Bonchev–Trinajstić information content (AvgIpc) is 2.86. The van der Waals surface area contributed by atoms with Crippen LogP contribution in [0.25, 0.3) is 0 Å². The van der Waals surface area contributed by atoms with E-state index < -0.39 is 0 Å². The first-order chi connectivity index (χ1) is 10.6. The van der Waals surface area contributed by atoms with Crippen molar-refractivity contribution >= 4 is 41.3 Å². The molecule has 0 fully saturated rings. The highest BCUT2D eigenvalue weighted by Crippen LogP contribution is 2.16. The van der Waals surface area contributed by atoms with Crippen molar-refractivity contribution in [3.8, 4) is 5.75 Å². The summed E-state index contributed by atoms with van der Waals surface area (Å²) in [7, 11) is 3.44. The highest BCUT2D eigenvalue weighted by molar-refractivity contribution is 14.0. The Bertz CT molecular complexity index is 640. The van der Waals surface area contributed by atoms with Crippen molar-refractivity contribution in [2.24, 2.45) is 4.99 Å². The molecule has 23 heavy (non-hydrogen) atoms. The fraction of sp³-hybridized carbons (Fsp3) is 0.375. The van der Waals surface area contributed by atoms with E-state index in [4.69, 9.17) is 4.74 Å². The van der Waals surface area contributed by atoms with Gasteiger partial charge in [-0.3, -0.25) is 4.99 Å². The van der Waals surface area contributed by atoms with Gasteiger partial charge in [-0.2, -0.15) is 0 Å². The number of thiazole rings is 1. The lowest BCUT2D eigenvalue weighted by Crippen LogP contribution is -2.36. The monoisotopic (exact) mass is 446 g/mol. The zero-order valence-corrected chi connectivity index (χ0v) is 17.0. The van der Waals surface area contributed by atoms with Gasteiger partial charge >= 0.3 is 0 Å². The Morgan fingerprint density at radius 1 is 1.17 bits per heavy atom. The minimum Gasteiger partial charge on any atom is -0.497 e. The number of methoxy groups -OCH3 is 1. The van der Waals surface area contributed by atoms with Crippen LogP contribution in [0.15, 0.2) is 29.3 Å². The molecular formula is C16H23IN4OS. The molecule has 2 aromatic rings. The zero-order chi connectivity index (χ0) is 15.9. The standard InChI is InChI=1S/C16H22N4OS.HI/c1-11-15(22-12(2)20-11)10-19-16(17-3)18-9-13-5-7-14(21-4)8-6-13;/h5-8H,9-10H2,1-4H3,(H2,17,18,19);1H. The quantitative estimate of drug-likeness (QED) is 0.421. The smallest absolute Gasteiger partial charge is 0.191 e. The third-order valence-electron chi connectivity index (χ3n) is 3.26. The van der Waals surface area contributed by atoms with Crippen LogP contribution in [-0.2, 0) is 13.1 Å². The number of hydrogen-bond donors (Lipinski definition) is 2. The Morgan fingerprint density at radius 2 is 1.83 bits per heavy atom. The number of halogens is 1. The minimum atomic E-state index is 0. The summed E-state index contributed by atoms with van der Waals surface area (Å²) in [5.74, 6) is 1.64. The largest absolute Gasteiger partial charge is 0.497 e. The summed E-state index contributed by atoms with van der Waals surface area (Å²) in [6.45, 7) is 5.51. The van der Waals surface area contributed by atoms with Gasteiger partial charge in [0.05, 0.1) is 24.4 Å². The van der Waals surface area contributed by atoms with Crippen molar-refractivity contribution in [3.63, 3.8) is 0 Å². The summed E-state index contributed by atoms with van der Waals surface area (Å²) < 4.78 is 5.16.